The highest BCUT2D eigenvalue weighted by Gasteiger charge is 2.12. The van der Waals surface area contributed by atoms with E-state index in [1.54, 1.807) is 39.5 Å². The van der Waals surface area contributed by atoms with Crippen LogP contribution in [0, 0.1) is 0 Å². The van der Waals surface area contributed by atoms with E-state index in [0.717, 1.165) is 24.0 Å². The van der Waals surface area contributed by atoms with Gasteiger partial charge in [0.1, 0.15) is 23.4 Å². The molecule has 5 nitrogen and oxygen atoms in total. The van der Waals surface area contributed by atoms with Crippen LogP contribution in [0.5, 0.6) is 17.2 Å². The van der Waals surface area contributed by atoms with Gasteiger partial charge in [0.25, 0.3) is 0 Å². The number of methoxy groups -OCH3 is 3. The molecule has 0 bridgehead atoms. The molecule has 0 aromatic heterocycles. The summed E-state index contributed by atoms with van der Waals surface area (Å²) in [4.78, 5) is 11.8. The number of carbonyl (C=O) groups excluding carboxylic acids is 1. The van der Waals surface area contributed by atoms with Crippen molar-refractivity contribution in [3.8, 4) is 17.2 Å². The summed E-state index contributed by atoms with van der Waals surface area (Å²) in [6.45, 7) is 7.59. The molecule has 0 saturated heterocycles. The minimum absolute atomic E-state index is 0.216. The highest BCUT2D eigenvalue weighted by atomic mass is 16.5. The van der Waals surface area contributed by atoms with Gasteiger partial charge >= 0.3 is 5.97 Å². The second-order valence-corrected chi connectivity index (χ2v) is 5.81. The topological polar surface area (TPSA) is 54.0 Å². The number of rotatable bonds is 10. The maximum atomic E-state index is 11.8. The molecule has 1 rings (SSSR count). The Labute approximate surface area is 150 Å². The van der Waals surface area contributed by atoms with Gasteiger partial charge in [0, 0.05) is 18.6 Å². The van der Waals surface area contributed by atoms with Crippen LogP contribution < -0.4 is 14.2 Å². The number of benzene rings is 1. The lowest BCUT2D eigenvalue weighted by atomic mass is 10.1. The molecule has 1 unspecified atom stereocenters. The van der Waals surface area contributed by atoms with E-state index in [2.05, 4.69) is 6.58 Å². The summed E-state index contributed by atoms with van der Waals surface area (Å²) in [6, 6.07) is 3.55. The first-order chi connectivity index (χ1) is 11.9. The van der Waals surface area contributed by atoms with E-state index in [4.69, 9.17) is 18.9 Å². The van der Waals surface area contributed by atoms with Crippen LogP contribution in [0.4, 0.5) is 0 Å². The molecule has 0 aliphatic heterocycles. The molecule has 0 amide bonds. The summed E-state index contributed by atoms with van der Waals surface area (Å²) < 4.78 is 21.4. The van der Waals surface area contributed by atoms with Gasteiger partial charge in [-0.1, -0.05) is 5.57 Å². The predicted octanol–water partition coefficient (Wildman–Crippen LogP) is 4.40. The fourth-order valence-electron chi connectivity index (χ4n) is 2.27. The van der Waals surface area contributed by atoms with Crippen LogP contribution in [0.2, 0.25) is 0 Å². The molecule has 0 radical (unpaired) electrons. The normalized spacial score (nSPS) is 11.9. The SMILES string of the molecule is C=C(C)CCCC(=O)OC(C)/C=C/c1c(OC)cc(OC)cc1OC. The van der Waals surface area contributed by atoms with Gasteiger partial charge in [0.05, 0.1) is 26.9 Å². The molecular formula is C20H28O5. The summed E-state index contributed by atoms with van der Waals surface area (Å²) in [5, 5.41) is 0. The first-order valence-electron chi connectivity index (χ1n) is 8.23. The Morgan fingerprint density at radius 3 is 2.20 bits per heavy atom. The lowest BCUT2D eigenvalue weighted by molar-refractivity contribution is -0.146. The van der Waals surface area contributed by atoms with Crippen LogP contribution in [-0.4, -0.2) is 33.4 Å². The van der Waals surface area contributed by atoms with Gasteiger partial charge < -0.3 is 18.9 Å². The van der Waals surface area contributed by atoms with E-state index < -0.39 is 0 Å². The van der Waals surface area contributed by atoms with E-state index in [-0.39, 0.29) is 12.1 Å². The molecule has 25 heavy (non-hydrogen) atoms. The average molecular weight is 348 g/mol. The third-order valence-corrected chi connectivity index (χ3v) is 3.59. The molecule has 5 heteroatoms. The fraction of sp³-hybridized carbons (Fsp3) is 0.450. The second-order valence-electron chi connectivity index (χ2n) is 5.81. The maximum Gasteiger partial charge on any atom is 0.306 e. The number of hydrogen-bond donors (Lipinski definition) is 0. The third-order valence-electron chi connectivity index (χ3n) is 3.59. The van der Waals surface area contributed by atoms with Crippen molar-refractivity contribution in [2.24, 2.45) is 0 Å². The number of hydrogen-bond acceptors (Lipinski definition) is 5. The zero-order valence-corrected chi connectivity index (χ0v) is 15.8. The lowest BCUT2D eigenvalue weighted by Crippen LogP contribution is -2.12. The number of carbonyl (C=O) groups is 1. The summed E-state index contributed by atoms with van der Waals surface area (Å²) in [5.41, 5.74) is 1.83. The molecule has 0 aliphatic carbocycles. The highest BCUT2D eigenvalue weighted by Crippen LogP contribution is 2.35. The first-order valence-corrected chi connectivity index (χ1v) is 8.23. The van der Waals surface area contributed by atoms with E-state index in [1.165, 1.54) is 0 Å². The molecule has 0 heterocycles. The average Bonchev–Trinajstić information content (AvgIpc) is 2.58. The minimum atomic E-state index is -0.353. The predicted molar refractivity (Wildman–Crippen MR) is 99.4 cm³/mol. The molecule has 0 N–H and O–H groups in total. The Morgan fingerprint density at radius 2 is 1.72 bits per heavy atom. The molecule has 0 aliphatic rings. The largest absolute Gasteiger partial charge is 0.496 e. The Balaban J connectivity index is 2.76. The van der Waals surface area contributed by atoms with Gasteiger partial charge in [-0.05, 0) is 38.8 Å². The van der Waals surface area contributed by atoms with Crippen molar-refractivity contribution in [2.45, 2.75) is 39.2 Å². The van der Waals surface area contributed by atoms with Crippen LogP contribution >= 0.6 is 0 Å². The smallest absolute Gasteiger partial charge is 0.306 e. The van der Waals surface area contributed by atoms with E-state index in [0.29, 0.717) is 23.7 Å². The molecule has 0 saturated carbocycles. The molecule has 1 aromatic rings. The Hall–Kier alpha value is -2.43. The van der Waals surface area contributed by atoms with Crippen molar-refractivity contribution in [3.63, 3.8) is 0 Å². The molecule has 138 valence electrons. The molecule has 0 spiro atoms. The molecule has 0 fully saturated rings. The van der Waals surface area contributed by atoms with Crippen molar-refractivity contribution in [2.75, 3.05) is 21.3 Å². The highest BCUT2D eigenvalue weighted by molar-refractivity contribution is 5.70. The van der Waals surface area contributed by atoms with Crippen LogP contribution in [0.1, 0.15) is 38.7 Å². The minimum Gasteiger partial charge on any atom is -0.496 e. The van der Waals surface area contributed by atoms with E-state index >= 15 is 0 Å². The quantitative estimate of drug-likeness (QED) is 0.463. The van der Waals surface area contributed by atoms with Crippen molar-refractivity contribution in [1.29, 1.82) is 0 Å². The van der Waals surface area contributed by atoms with E-state index in [9.17, 15) is 4.79 Å². The van der Waals surface area contributed by atoms with Crippen molar-refractivity contribution >= 4 is 12.0 Å². The van der Waals surface area contributed by atoms with E-state index in [1.807, 2.05) is 19.9 Å². The number of esters is 1. The number of ether oxygens (including phenoxy) is 4. The van der Waals surface area contributed by atoms with Crippen LogP contribution in [0.15, 0.2) is 30.4 Å². The lowest BCUT2D eigenvalue weighted by Gasteiger charge is -2.13. The molecular weight excluding hydrogens is 320 g/mol. The Morgan fingerprint density at radius 1 is 1.12 bits per heavy atom. The second kappa shape index (κ2) is 10.4. The summed E-state index contributed by atoms with van der Waals surface area (Å²) >= 11 is 0. The van der Waals surface area contributed by atoms with Crippen molar-refractivity contribution < 1.29 is 23.7 Å². The van der Waals surface area contributed by atoms with Gasteiger partial charge in [-0.2, -0.15) is 0 Å². The van der Waals surface area contributed by atoms with Gasteiger partial charge in [0.2, 0.25) is 0 Å². The first kappa shape index (κ1) is 20.6. The maximum absolute atomic E-state index is 11.8. The Bertz CT molecular complexity index is 594. The zero-order valence-electron chi connectivity index (χ0n) is 15.8. The van der Waals surface area contributed by atoms with Gasteiger partial charge in [0.15, 0.2) is 0 Å². The fourth-order valence-corrected chi connectivity index (χ4v) is 2.27. The van der Waals surface area contributed by atoms with Crippen molar-refractivity contribution in [3.05, 3.63) is 35.9 Å². The molecule has 1 aromatic carbocycles. The van der Waals surface area contributed by atoms with Gasteiger partial charge in [-0.3, -0.25) is 4.79 Å². The van der Waals surface area contributed by atoms with Gasteiger partial charge in [-0.15, -0.1) is 6.58 Å². The summed E-state index contributed by atoms with van der Waals surface area (Å²) in [7, 11) is 4.74. The van der Waals surface area contributed by atoms with Crippen molar-refractivity contribution in [1.82, 2.24) is 0 Å². The van der Waals surface area contributed by atoms with Crippen LogP contribution in [-0.2, 0) is 9.53 Å². The monoisotopic (exact) mass is 348 g/mol. The zero-order chi connectivity index (χ0) is 18.8. The Kier molecular flexibility index (Phi) is 8.61. The summed E-state index contributed by atoms with van der Waals surface area (Å²) in [6.07, 6.45) is 5.24. The third kappa shape index (κ3) is 6.91. The molecule has 1 atom stereocenters. The number of allylic oxidation sites excluding steroid dienone is 1. The van der Waals surface area contributed by atoms with Gasteiger partial charge in [-0.25, -0.2) is 0 Å². The van der Waals surface area contributed by atoms with Crippen LogP contribution in [0.25, 0.3) is 6.08 Å². The summed E-state index contributed by atoms with van der Waals surface area (Å²) in [5.74, 6) is 1.66. The standard InChI is InChI=1S/C20H28O5/c1-14(2)8-7-9-20(21)25-15(3)10-11-17-18(23-5)12-16(22-4)13-19(17)24-6/h10-13,15H,1,7-9H2,2-6H3/b11-10+. The van der Waals surface area contributed by atoms with Crippen LogP contribution in [0.3, 0.4) is 0 Å².